The molecule has 168 valence electrons. The van der Waals surface area contributed by atoms with Gasteiger partial charge in [-0.15, -0.1) is 12.4 Å². The highest BCUT2D eigenvalue weighted by Crippen LogP contribution is 2.39. The second kappa shape index (κ2) is 11.0. The van der Waals surface area contributed by atoms with Crippen LogP contribution in [0, 0.1) is 11.8 Å². The second-order valence-electron chi connectivity index (χ2n) is 8.71. The molecule has 1 aliphatic carbocycles. The van der Waals surface area contributed by atoms with Gasteiger partial charge in [-0.1, -0.05) is 37.3 Å². The van der Waals surface area contributed by atoms with E-state index >= 15 is 0 Å². The van der Waals surface area contributed by atoms with Crippen molar-refractivity contribution in [1.29, 1.82) is 0 Å². The van der Waals surface area contributed by atoms with Crippen LogP contribution < -0.4 is 9.47 Å². The van der Waals surface area contributed by atoms with Crippen LogP contribution in [0.4, 0.5) is 0 Å². The fourth-order valence-electron chi connectivity index (χ4n) is 4.88. The first-order chi connectivity index (χ1) is 14.7. The maximum Gasteiger partial charge on any atom is 0.166 e. The fraction of sp³-hybridized carbons (Fsp3) is 0.500. The molecule has 0 bridgehead atoms. The first-order valence-electron chi connectivity index (χ1n) is 11.3. The molecular formula is C26H34ClNO3. The number of methoxy groups -OCH3 is 1. The number of carbonyl (C=O) groups is 1. The predicted octanol–water partition coefficient (Wildman–Crippen LogP) is 5.56. The fourth-order valence-corrected chi connectivity index (χ4v) is 4.88. The average Bonchev–Trinajstić information content (AvgIpc) is 3.08. The van der Waals surface area contributed by atoms with Crippen molar-refractivity contribution in [3.05, 3.63) is 59.2 Å². The summed E-state index contributed by atoms with van der Waals surface area (Å²) in [5.41, 5.74) is 3.34. The summed E-state index contributed by atoms with van der Waals surface area (Å²) in [6.45, 7) is 6.02. The van der Waals surface area contributed by atoms with Crippen LogP contribution in [-0.4, -0.2) is 37.5 Å². The Bertz CT molecular complexity index is 862. The van der Waals surface area contributed by atoms with E-state index in [1.165, 1.54) is 18.4 Å². The number of fused-ring (bicyclic) bond motifs is 1. The van der Waals surface area contributed by atoms with Gasteiger partial charge < -0.3 is 9.47 Å². The molecule has 31 heavy (non-hydrogen) atoms. The van der Waals surface area contributed by atoms with E-state index in [1.54, 1.807) is 7.11 Å². The van der Waals surface area contributed by atoms with Crippen molar-refractivity contribution >= 4 is 18.2 Å². The highest BCUT2D eigenvalue weighted by Gasteiger charge is 2.34. The zero-order chi connectivity index (χ0) is 20.9. The van der Waals surface area contributed by atoms with Crippen LogP contribution in [0.2, 0.25) is 0 Å². The van der Waals surface area contributed by atoms with E-state index in [0.717, 1.165) is 55.8 Å². The molecule has 2 aromatic carbocycles. The van der Waals surface area contributed by atoms with Gasteiger partial charge >= 0.3 is 0 Å². The van der Waals surface area contributed by atoms with Crippen molar-refractivity contribution in [3.63, 3.8) is 0 Å². The van der Waals surface area contributed by atoms with Gasteiger partial charge in [0, 0.05) is 18.0 Å². The standard InChI is InChI=1S/C26H33NO3.ClH/c1-3-13-30-25-16-21-15-22(26(28)23(21)17-24(25)29-2)14-19-9-11-27(12-10-19)18-20-7-5-4-6-8-20;/h4-8,16-17,19,22H,3,9-15,18H2,1-2H3;1H. The lowest BCUT2D eigenvalue weighted by Gasteiger charge is -2.32. The molecule has 5 heteroatoms. The molecule has 1 fully saturated rings. The van der Waals surface area contributed by atoms with Crippen LogP contribution in [0.3, 0.4) is 0 Å². The number of ketones is 1. The minimum Gasteiger partial charge on any atom is -0.493 e. The Morgan fingerprint density at radius 1 is 1.06 bits per heavy atom. The Labute approximate surface area is 192 Å². The Morgan fingerprint density at radius 3 is 2.48 bits per heavy atom. The summed E-state index contributed by atoms with van der Waals surface area (Å²) in [7, 11) is 1.64. The van der Waals surface area contributed by atoms with Gasteiger partial charge in [-0.05, 0) is 74.4 Å². The molecule has 4 nitrogen and oxygen atoms in total. The summed E-state index contributed by atoms with van der Waals surface area (Å²) >= 11 is 0. The van der Waals surface area contributed by atoms with Crippen molar-refractivity contribution < 1.29 is 14.3 Å². The van der Waals surface area contributed by atoms with E-state index in [-0.39, 0.29) is 24.1 Å². The Hall–Kier alpha value is -2.04. The van der Waals surface area contributed by atoms with Crippen molar-refractivity contribution in [1.82, 2.24) is 4.90 Å². The molecule has 0 N–H and O–H groups in total. The smallest absolute Gasteiger partial charge is 0.166 e. The number of rotatable bonds is 8. The molecule has 0 amide bonds. The SMILES string of the molecule is CCCOc1cc2c(cc1OC)C(=O)C(CC1CCN(Cc3ccccc3)CC1)C2.Cl. The van der Waals surface area contributed by atoms with Crippen molar-refractivity contribution in [2.75, 3.05) is 26.8 Å². The monoisotopic (exact) mass is 443 g/mol. The molecule has 1 heterocycles. The number of hydrogen-bond acceptors (Lipinski definition) is 4. The van der Waals surface area contributed by atoms with E-state index in [1.807, 2.05) is 12.1 Å². The first-order valence-corrected chi connectivity index (χ1v) is 11.3. The Morgan fingerprint density at radius 2 is 1.81 bits per heavy atom. The van der Waals surface area contributed by atoms with E-state index in [9.17, 15) is 4.79 Å². The summed E-state index contributed by atoms with van der Waals surface area (Å²) < 4.78 is 11.3. The molecular weight excluding hydrogens is 410 g/mol. The zero-order valence-corrected chi connectivity index (χ0v) is 19.5. The minimum absolute atomic E-state index is 0. The van der Waals surface area contributed by atoms with E-state index in [0.29, 0.717) is 18.3 Å². The summed E-state index contributed by atoms with van der Waals surface area (Å²) in [5.74, 6) is 2.47. The number of piperidine rings is 1. The highest BCUT2D eigenvalue weighted by molar-refractivity contribution is 6.02. The zero-order valence-electron chi connectivity index (χ0n) is 18.6. The molecule has 1 unspecified atom stereocenters. The number of halogens is 1. The molecule has 0 aromatic heterocycles. The van der Waals surface area contributed by atoms with Gasteiger partial charge in [-0.25, -0.2) is 0 Å². The summed E-state index contributed by atoms with van der Waals surface area (Å²) in [6, 6.07) is 14.6. The maximum atomic E-state index is 13.1. The summed E-state index contributed by atoms with van der Waals surface area (Å²) in [4.78, 5) is 15.6. The Kier molecular flexibility index (Phi) is 8.39. The largest absolute Gasteiger partial charge is 0.493 e. The van der Waals surface area contributed by atoms with Crippen molar-refractivity contribution in [2.24, 2.45) is 11.8 Å². The summed E-state index contributed by atoms with van der Waals surface area (Å²) in [5, 5.41) is 0. The number of hydrogen-bond donors (Lipinski definition) is 0. The van der Waals surface area contributed by atoms with Gasteiger partial charge in [0.25, 0.3) is 0 Å². The number of nitrogens with zero attached hydrogens (tertiary/aromatic N) is 1. The van der Waals surface area contributed by atoms with Crippen LogP contribution in [0.15, 0.2) is 42.5 Å². The predicted molar refractivity (Wildman–Crippen MR) is 127 cm³/mol. The molecule has 2 aromatic rings. The lowest BCUT2D eigenvalue weighted by atomic mass is 9.85. The van der Waals surface area contributed by atoms with Gasteiger partial charge in [-0.3, -0.25) is 9.69 Å². The highest BCUT2D eigenvalue weighted by atomic mass is 35.5. The number of carbonyl (C=O) groups excluding carboxylic acids is 1. The molecule has 1 aliphatic heterocycles. The van der Waals surface area contributed by atoms with Gasteiger partial charge in [0.15, 0.2) is 17.3 Å². The van der Waals surface area contributed by atoms with Gasteiger partial charge in [0.05, 0.1) is 13.7 Å². The van der Waals surface area contributed by atoms with E-state index < -0.39 is 0 Å². The van der Waals surface area contributed by atoms with Crippen LogP contribution in [0.1, 0.15) is 54.1 Å². The van der Waals surface area contributed by atoms with Crippen molar-refractivity contribution in [2.45, 2.75) is 45.6 Å². The van der Waals surface area contributed by atoms with Gasteiger partial charge in [-0.2, -0.15) is 0 Å². The van der Waals surface area contributed by atoms with Crippen molar-refractivity contribution in [3.8, 4) is 11.5 Å². The normalized spacial score (nSPS) is 19.0. The molecule has 1 saturated heterocycles. The molecule has 0 saturated carbocycles. The lowest BCUT2D eigenvalue weighted by molar-refractivity contribution is 0.0895. The average molecular weight is 444 g/mol. The minimum atomic E-state index is 0. The third-order valence-electron chi connectivity index (χ3n) is 6.53. The van der Waals surface area contributed by atoms with E-state index in [2.05, 4.69) is 42.2 Å². The first kappa shape index (κ1) is 23.6. The van der Waals surface area contributed by atoms with Crippen LogP contribution in [0.25, 0.3) is 0 Å². The van der Waals surface area contributed by atoms with Crippen LogP contribution in [0.5, 0.6) is 11.5 Å². The number of Topliss-reactive ketones (excluding diaryl/α,β-unsaturated/α-hetero) is 1. The lowest BCUT2D eigenvalue weighted by Crippen LogP contribution is -2.34. The quantitative estimate of drug-likeness (QED) is 0.535. The molecule has 0 radical (unpaired) electrons. The second-order valence-corrected chi connectivity index (χ2v) is 8.71. The van der Waals surface area contributed by atoms with Gasteiger partial charge in [0.1, 0.15) is 0 Å². The number of likely N-dealkylation sites (tertiary alicyclic amines) is 1. The molecule has 4 rings (SSSR count). The number of benzene rings is 2. The van der Waals surface area contributed by atoms with Crippen LogP contribution in [-0.2, 0) is 13.0 Å². The Balaban J connectivity index is 0.00000272. The third-order valence-corrected chi connectivity index (χ3v) is 6.53. The van der Waals surface area contributed by atoms with E-state index in [4.69, 9.17) is 9.47 Å². The third kappa shape index (κ3) is 5.61. The number of ether oxygens (including phenoxy) is 2. The van der Waals surface area contributed by atoms with Crippen LogP contribution >= 0.6 is 12.4 Å². The summed E-state index contributed by atoms with van der Waals surface area (Å²) in [6.07, 6.45) is 5.15. The molecule has 2 aliphatic rings. The topological polar surface area (TPSA) is 38.8 Å². The maximum absolute atomic E-state index is 13.1. The molecule has 0 spiro atoms. The molecule has 1 atom stereocenters. The van der Waals surface area contributed by atoms with Gasteiger partial charge in [0.2, 0.25) is 0 Å².